The zero-order valence-electron chi connectivity index (χ0n) is 14.1. The number of carbonyl (C=O) groups is 1. The van der Waals surface area contributed by atoms with Crippen LogP contribution in [-0.2, 0) is 4.74 Å². The van der Waals surface area contributed by atoms with Gasteiger partial charge in [0, 0.05) is 19.1 Å². The van der Waals surface area contributed by atoms with E-state index in [1.807, 2.05) is 20.8 Å². The van der Waals surface area contributed by atoms with Crippen LogP contribution >= 0.6 is 11.3 Å². The molecule has 1 saturated heterocycles. The summed E-state index contributed by atoms with van der Waals surface area (Å²) in [7, 11) is 0. The molecule has 1 aliphatic rings. The summed E-state index contributed by atoms with van der Waals surface area (Å²) in [4.78, 5) is 21.9. The van der Waals surface area contributed by atoms with E-state index >= 15 is 0 Å². The number of thiazole rings is 1. The van der Waals surface area contributed by atoms with E-state index < -0.39 is 0 Å². The molecule has 1 fully saturated rings. The highest BCUT2D eigenvalue weighted by molar-refractivity contribution is 7.11. The van der Waals surface area contributed by atoms with Crippen molar-refractivity contribution < 1.29 is 14.1 Å². The predicted octanol–water partition coefficient (Wildman–Crippen LogP) is 2.86. The van der Waals surface area contributed by atoms with Crippen LogP contribution in [0.4, 0.5) is 0 Å². The molecule has 8 heteroatoms. The lowest BCUT2D eigenvalue weighted by molar-refractivity contribution is 0.0468. The van der Waals surface area contributed by atoms with E-state index in [1.165, 1.54) is 11.3 Å². The average Bonchev–Trinajstić information content (AvgIpc) is 3.22. The summed E-state index contributed by atoms with van der Waals surface area (Å²) < 4.78 is 10.9. The van der Waals surface area contributed by atoms with Crippen LogP contribution in [0.5, 0.6) is 0 Å². The first-order chi connectivity index (χ1) is 11.6. The van der Waals surface area contributed by atoms with Gasteiger partial charge in [-0.15, -0.1) is 11.3 Å². The van der Waals surface area contributed by atoms with E-state index in [1.54, 1.807) is 5.51 Å². The van der Waals surface area contributed by atoms with Crippen LogP contribution in [-0.4, -0.2) is 34.2 Å². The van der Waals surface area contributed by atoms with Crippen molar-refractivity contribution >= 4 is 17.2 Å². The van der Waals surface area contributed by atoms with Gasteiger partial charge in [-0.3, -0.25) is 4.79 Å². The molecule has 1 atom stereocenters. The van der Waals surface area contributed by atoms with E-state index in [4.69, 9.17) is 9.26 Å². The van der Waals surface area contributed by atoms with Gasteiger partial charge in [0.05, 0.1) is 11.2 Å². The van der Waals surface area contributed by atoms with Gasteiger partial charge in [0.1, 0.15) is 10.9 Å². The van der Waals surface area contributed by atoms with Crippen molar-refractivity contribution in [2.24, 2.45) is 5.92 Å². The Morgan fingerprint density at radius 1 is 1.38 bits per heavy atom. The number of hydrogen-bond donors (Lipinski definition) is 1. The molecule has 0 spiro atoms. The number of carbonyl (C=O) groups excluding carboxylic acids is 1. The molecule has 1 aliphatic heterocycles. The summed E-state index contributed by atoms with van der Waals surface area (Å²) in [5.41, 5.74) is 2.41. The number of amides is 1. The van der Waals surface area contributed by atoms with Crippen molar-refractivity contribution in [3.05, 3.63) is 27.8 Å². The van der Waals surface area contributed by atoms with Crippen LogP contribution in [0.25, 0.3) is 0 Å². The van der Waals surface area contributed by atoms with Crippen LogP contribution in [0, 0.1) is 12.8 Å². The lowest BCUT2D eigenvalue weighted by Gasteiger charge is -2.28. The minimum Gasteiger partial charge on any atom is -0.381 e. The maximum atomic E-state index is 12.6. The van der Waals surface area contributed by atoms with Gasteiger partial charge in [-0.2, -0.15) is 4.98 Å². The second-order valence-corrected chi connectivity index (χ2v) is 7.17. The second-order valence-electron chi connectivity index (χ2n) is 6.31. The summed E-state index contributed by atoms with van der Waals surface area (Å²) in [5.74, 6) is 1.39. The minimum absolute atomic E-state index is 0.143. The van der Waals surface area contributed by atoms with Crippen molar-refractivity contribution in [3.8, 4) is 0 Å². The van der Waals surface area contributed by atoms with Gasteiger partial charge in [0.15, 0.2) is 5.82 Å². The maximum absolute atomic E-state index is 12.6. The van der Waals surface area contributed by atoms with Crippen LogP contribution in [0.1, 0.15) is 65.7 Å². The summed E-state index contributed by atoms with van der Waals surface area (Å²) in [5, 5.41) is 7.12. The van der Waals surface area contributed by atoms with Gasteiger partial charge in [-0.05, 0) is 25.7 Å². The highest BCUT2D eigenvalue weighted by Crippen LogP contribution is 2.30. The molecular formula is C16H22N4O3S. The molecule has 0 aromatic carbocycles. The van der Waals surface area contributed by atoms with Crippen LogP contribution in [0.15, 0.2) is 10.0 Å². The Kier molecular flexibility index (Phi) is 5.25. The number of rotatable bonds is 5. The Balaban J connectivity index is 1.83. The Bertz CT molecular complexity index is 691. The van der Waals surface area contributed by atoms with Gasteiger partial charge in [-0.25, -0.2) is 4.98 Å². The van der Waals surface area contributed by atoms with Gasteiger partial charge < -0.3 is 14.6 Å². The van der Waals surface area contributed by atoms with Crippen molar-refractivity contribution in [2.45, 2.75) is 45.6 Å². The number of ether oxygens (including phenoxy) is 1. The number of aromatic nitrogens is 3. The average molecular weight is 350 g/mol. The minimum atomic E-state index is -0.303. The molecule has 3 rings (SSSR count). The van der Waals surface area contributed by atoms with Gasteiger partial charge >= 0.3 is 0 Å². The summed E-state index contributed by atoms with van der Waals surface area (Å²) >= 11 is 1.34. The zero-order chi connectivity index (χ0) is 17.1. The fourth-order valence-electron chi connectivity index (χ4n) is 2.77. The largest absolute Gasteiger partial charge is 0.381 e. The predicted molar refractivity (Wildman–Crippen MR) is 89.0 cm³/mol. The van der Waals surface area contributed by atoms with Crippen molar-refractivity contribution in [1.29, 1.82) is 0 Å². The molecule has 2 aromatic rings. The van der Waals surface area contributed by atoms with E-state index in [0.29, 0.717) is 29.8 Å². The number of hydrogen-bond acceptors (Lipinski definition) is 7. The molecule has 130 valence electrons. The number of nitrogens with one attached hydrogen (secondary N) is 1. The third-order valence-electron chi connectivity index (χ3n) is 4.22. The summed E-state index contributed by atoms with van der Waals surface area (Å²) in [6.45, 7) is 7.22. The lowest BCUT2D eigenvalue weighted by atomic mass is 9.91. The first kappa shape index (κ1) is 17.0. The molecule has 0 saturated carbocycles. The number of aryl methyl sites for hydroxylation is 1. The molecule has 1 N–H and O–H groups in total. The first-order valence-corrected chi connectivity index (χ1v) is 9.06. The fourth-order valence-corrected chi connectivity index (χ4v) is 3.47. The topological polar surface area (TPSA) is 90.1 Å². The van der Waals surface area contributed by atoms with Crippen molar-refractivity contribution in [2.75, 3.05) is 13.2 Å². The monoisotopic (exact) mass is 350 g/mol. The van der Waals surface area contributed by atoms with Gasteiger partial charge in [0.25, 0.3) is 5.91 Å². The Morgan fingerprint density at radius 2 is 2.12 bits per heavy atom. The highest BCUT2D eigenvalue weighted by Gasteiger charge is 2.32. The number of nitrogens with zero attached hydrogens (tertiary/aromatic N) is 3. The maximum Gasteiger partial charge on any atom is 0.263 e. The molecule has 3 heterocycles. The van der Waals surface area contributed by atoms with E-state index in [9.17, 15) is 4.79 Å². The van der Waals surface area contributed by atoms with E-state index in [-0.39, 0.29) is 23.8 Å². The lowest BCUT2D eigenvalue weighted by Crippen LogP contribution is -2.36. The molecule has 0 bridgehead atoms. The SMILES string of the molecule is Cc1ncsc1C(=O)NC(c1nc(C(C)C)no1)C1CCOCC1. The molecule has 7 nitrogen and oxygen atoms in total. The molecule has 24 heavy (non-hydrogen) atoms. The quantitative estimate of drug-likeness (QED) is 0.892. The van der Waals surface area contributed by atoms with Crippen LogP contribution in [0.2, 0.25) is 0 Å². The van der Waals surface area contributed by atoms with Crippen molar-refractivity contribution in [3.63, 3.8) is 0 Å². The first-order valence-electron chi connectivity index (χ1n) is 8.18. The summed E-state index contributed by atoms with van der Waals surface area (Å²) in [6, 6.07) is -0.303. The second kappa shape index (κ2) is 7.40. The van der Waals surface area contributed by atoms with Gasteiger partial charge in [0.2, 0.25) is 5.89 Å². The van der Waals surface area contributed by atoms with Crippen molar-refractivity contribution in [1.82, 2.24) is 20.4 Å². The smallest absolute Gasteiger partial charge is 0.263 e. The molecular weight excluding hydrogens is 328 g/mol. The molecule has 0 radical (unpaired) electrons. The third kappa shape index (κ3) is 3.64. The van der Waals surface area contributed by atoms with E-state index in [2.05, 4.69) is 20.4 Å². The van der Waals surface area contributed by atoms with Crippen LogP contribution < -0.4 is 5.32 Å². The standard InChI is InChI=1S/C16H22N4O3S/c1-9(2)14-19-16(23-20-14)12(11-4-6-22-7-5-11)18-15(21)13-10(3)17-8-24-13/h8-9,11-12H,4-7H2,1-3H3,(H,18,21). The Hall–Kier alpha value is -1.80. The van der Waals surface area contributed by atoms with Gasteiger partial charge in [-0.1, -0.05) is 19.0 Å². The normalized spacial score (nSPS) is 17.2. The Labute approximate surface area is 144 Å². The molecule has 1 amide bonds. The Morgan fingerprint density at radius 3 is 2.71 bits per heavy atom. The van der Waals surface area contributed by atoms with Crippen LogP contribution in [0.3, 0.4) is 0 Å². The zero-order valence-corrected chi connectivity index (χ0v) is 14.9. The highest BCUT2D eigenvalue weighted by atomic mass is 32.1. The fraction of sp³-hybridized carbons (Fsp3) is 0.625. The van der Waals surface area contributed by atoms with E-state index in [0.717, 1.165) is 18.5 Å². The third-order valence-corrected chi connectivity index (χ3v) is 5.14. The molecule has 2 aromatic heterocycles. The molecule has 0 aliphatic carbocycles. The molecule has 1 unspecified atom stereocenters. The summed E-state index contributed by atoms with van der Waals surface area (Å²) in [6.07, 6.45) is 1.71.